The molecule has 0 aliphatic carbocycles. The van der Waals surface area contributed by atoms with E-state index in [1.54, 1.807) is 42.8 Å². The maximum atomic E-state index is 12.4. The number of aromatic nitrogens is 4. The second kappa shape index (κ2) is 9.86. The number of hydrogen-bond acceptors (Lipinski definition) is 7. The standard InChI is InChI=1S/C18H19ClN6O2S2/c1-3-25-14(10-15(26)21-13-7-5-4-6-12(13)19)23-24-18(25)29-11(2)16(27)22-17-20-8-9-28-17/h4-9,11H,3,10H2,1-2H3,(H,21,26)(H,20,22,27)/t11-/m1/s1. The number of amides is 2. The van der Waals surface area contributed by atoms with E-state index in [1.807, 2.05) is 11.5 Å². The van der Waals surface area contributed by atoms with Gasteiger partial charge in [0.05, 0.1) is 22.4 Å². The van der Waals surface area contributed by atoms with Crippen LogP contribution in [0.2, 0.25) is 5.02 Å². The third-order valence-corrected chi connectivity index (χ3v) is 5.99. The van der Waals surface area contributed by atoms with Crippen LogP contribution in [0.15, 0.2) is 41.0 Å². The van der Waals surface area contributed by atoms with E-state index in [0.717, 1.165) is 0 Å². The molecule has 29 heavy (non-hydrogen) atoms. The maximum absolute atomic E-state index is 12.4. The highest BCUT2D eigenvalue weighted by molar-refractivity contribution is 8.00. The molecule has 0 spiro atoms. The van der Waals surface area contributed by atoms with E-state index in [1.165, 1.54) is 23.1 Å². The molecule has 0 unspecified atom stereocenters. The number of thioether (sulfide) groups is 1. The first-order valence-corrected chi connectivity index (χ1v) is 10.9. The van der Waals surface area contributed by atoms with Gasteiger partial charge in [-0.15, -0.1) is 21.5 Å². The van der Waals surface area contributed by atoms with Crippen molar-refractivity contribution in [3.8, 4) is 0 Å². The number of hydrogen-bond donors (Lipinski definition) is 2. The number of carbonyl (C=O) groups excluding carboxylic acids is 2. The highest BCUT2D eigenvalue weighted by Crippen LogP contribution is 2.25. The molecule has 0 bridgehead atoms. The number of anilines is 2. The minimum absolute atomic E-state index is 0.0479. The van der Waals surface area contributed by atoms with Gasteiger partial charge in [-0.2, -0.15) is 0 Å². The molecule has 3 aromatic rings. The van der Waals surface area contributed by atoms with Crippen molar-refractivity contribution in [2.24, 2.45) is 0 Å². The van der Waals surface area contributed by atoms with Gasteiger partial charge >= 0.3 is 0 Å². The van der Waals surface area contributed by atoms with Crippen molar-refractivity contribution in [2.75, 3.05) is 10.6 Å². The number of benzene rings is 1. The summed E-state index contributed by atoms with van der Waals surface area (Å²) < 4.78 is 1.82. The summed E-state index contributed by atoms with van der Waals surface area (Å²) in [5.74, 6) is 0.104. The maximum Gasteiger partial charge on any atom is 0.239 e. The average Bonchev–Trinajstić information content (AvgIpc) is 3.33. The predicted octanol–water partition coefficient (Wildman–Crippen LogP) is 3.71. The Kier molecular flexibility index (Phi) is 7.24. The average molecular weight is 451 g/mol. The number of nitrogens with one attached hydrogen (secondary N) is 2. The number of thiazole rings is 1. The molecule has 2 aromatic heterocycles. The van der Waals surface area contributed by atoms with E-state index >= 15 is 0 Å². The third-order valence-electron chi connectivity index (χ3n) is 3.89. The van der Waals surface area contributed by atoms with Crippen molar-refractivity contribution in [1.82, 2.24) is 19.7 Å². The fourth-order valence-electron chi connectivity index (χ4n) is 2.46. The van der Waals surface area contributed by atoms with Crippen LogP contribution in [0.25, 0.3) is 0 Å². The van der Waals surface area contributed by atoms with Gasteiger partial charge in [-0.3, -0.25) is 9.59 Å². The molecule has 3 rings (SSSR count). The number of nitrogens with zero attached hydrogens (tertiary/aromatic N) is 4. The molecular weight excluding hydrogens is 432 g/mol. The number of para-hydroxylation sites is 1. The normalized spacial score (nSPS) is 11.8. The fraction of sp³-hybridized carbons (Fsp3) is 0.278. The molecule has 0 aliphatic heterocycles. The van der Waals surface area contributed by atoms with E-state index in [9.17, 15) is 9.59 Å². The second-order valence-electron chi connectivity index (χ2n) is 5.93. The zero-order chi connectivity index (χ0) is 20.8. The SMILES string of the molecule is CCn1c(CC(=O)Nc2ccccc2Cl)nnc1S[C@H](C)C(=O)Nc1nccs1. The van der Waals surface area contributed by atoms with E-state index in [-0.39, 0.29) is 18.2 Å². The van der Waals surface area contributed by atoms with E-state index in [4.69, 9.17) is 11.6 Å². The summed E-state index contributed by atoms with van der Waals surface area (Å²) in [7, 11) is 0. The molecule has 1 aromatic carbocycles. The Morgan fingerprint density at radius 3 is 2.76 bits per heavy atom. The van der Waals surface area contributed by atoms with Crippen molar-refractivity contribution in [3.63, 3.8) is 0 Å². The van der Waals surface area contributed by atoms with Gasteiger partial charge in [-0.25, -0.2) is 4.98 Å². The van der Waals surface area contributed by atoms with Gasteiger partial charge < -0.3 is 15.2 Å². The van der Waals surface area contributed by atoms with Crippen LogP contribution in [0.1, 0.15) is 19.7 Å². The van der Waals surface area contributed by atoms with Gasteiger partial charge in [-0.1, -0.05) is 35.5 Å². The molecule has 11 heteroatoms. The van der Waals surface area contributed by atoms with Crippen LogP contribution in [0.5, 0.6) is 0 Å². The first kappa shape index (κ1) is 21.3. The molecule has 2 amide bonds. The van der Waals surface area contributed by atoms with Crippen LogP contribution in [0.4, 0.5) is 10.8 Å². The molecule has 0 aliphatic rings. The number of rotatable bonds is 8. The van der Waals surface area contributed by atoms with Gasteiger partial charge in [-0.05, 0) is 26.0 Å². The van der Waals surface area contributed by atoms with Crippen molar-refractivity contribution in [2.45, 2.75) is 37.2 Å². The Labute approximate surface area is 181 Å². The molecule has 0 radical (unpaired) electrons. The predicted molar refractivity (Wildman–Crippen MR) is 116 cm³/mol. The highest BCUT2D eigenvalue weighted by Gasteiger charge is 2.21. The van der Waals surface area contributed by atoms with Crippen LogP contribution in [-0.4, -0.2) is 36.8 Å². The molecule has 2 N–H and O–H groups in total. The number of carbonyl (C=O) groups is 2. The smallest absolute Gasteiger partial charge is 0.239 e. The van der Waals surface area contributed by atoms with Gasteiger partial charge in [0.2, 0.25) is 11.8 Å². The number of halogens is 1. The minimum atomic E-state index is -0.404. The van der Waals surface area contributed by atoms with Gasteiger partial charge in [0.1, 0.15) is 5.82 Å². The lowest BCUT2D eigenvalue weighted by Gasteiger charge is -2.12. The van der Waals surface area contributed by atoms with Gasteiger partial charge in [0, 0.05) is 18.1 Å². The fourth-order valence-corrected chi connectivity index (χ4v) is 4.11. The highest BCUT2D eigenvalue weighted by atomic mass is 35.5. The van der Waals surface area contributed by atoms with Gasteiger partial charge in [0.15, 0.2) is 10.3 Å². The Morgan fingerprint density at radius 2 is 2.07 bits per heavy atom. The Hall–Kier alpha value is -2.43. The summed E-state index contributed by atoms with van der Waals surface area (Å²) in [6, 6.07) is 7.03. The quantitative estimate of drug-likeness (QED) is 0.507. The van der Waals surface area contributed by atoms with Crippen molar-refractivity contribution in [1.29, 1.82) is 0 Å². The van der Waals surface area contributed by atoms with Crippen LogP contribution in [0.3, 0.4) is 0 Å². The summed E-state index contributed by atoms with van der Waals surface area (Å²) in [5.41, 5.74) is 0.545. The first-order chi connectivity index (χ1) is 14.0. The monoisotopic (exact) mass is 450 g/mol. The van der Waals surface area contributed by atoms with E-state index < -0.39 is 5.25 Å². The lowest BCUT2D eigenvalue weighted by molar-refractivity contribution is -0.116. The van der Waals surface area contributed by atoms with Crippen LogP contribution < -0.4 is 10.6 Å². The molecule has 0 saturated carbocycles. The second-order valence-corrected chi connectivity index (χ2v) is 8.54. The lowest BCUT2D eigenvalue weighted by Crippen LogP contribution is -2.23. The Morgan fingerprint density at radius 1 is 1.28 bits per heavy atom. The first-order valence-electron chi connectivity index (χ1n) is 8.81. The summed E-state index contributed by atoms with van der Waals surface area (Å²) in [5, 5.41) is 16.8. The van der Waals surface area contributed by atoms with Crippen molar-refractivity contribution >= 4 is 57.3 Å². The molecular formula is C18H19ClN6O2S2. The summed E-state index contributed by atoms with van der Waals surface area (Å²) >= 11 is 8.72. The van der Waals surface area contributed by atoms with Crippen molar-refractivity contribution in [3.05, 3.63) is 46.7 Å². The van der Waals surface area contributed by atoms with Crippen LogP contribution >= 0.6 is 34.7 Å². The topological polar surface area (TPSA) is 102 Å². The minimum Gasteiger partial charge on any atom is -0.324 e. The Balaban J connectivity index is 1.64. The van der Waals surface area contributed by atoms with Crippen LogP contribution in [0, 0.1) is 0 Å². The molecule has 2 heterocycles. The zero-order valence-electron chi connectivity index (χ0n) is 15.8. The Bertz CT molecular complexity index is 992. The van der Waals surface area contributed by atoms with Gasteiger partial charge in [0.25, 0.3) is 0 Å². The molecule has 8 nitrogen and oxygen atoms in total. The van der Waals surface area contributed by atoms with Crippen LogP contribution in [-0.2, 0) is 22.6 Å². The summed E-state index contributed by atoms with van der Waals surface area (Å²) in [6.45, 7) is 4.29. The lowest BCUT2D eigenvalue weighted by atomic mass is 10.3. The summed E-state index contributed by atoms with van der Waals surface area (Å²) in [6.07, 6.45) is 1.68. The van der Waals surface area contributed by atoms with E-state index in [2.05, 4.69) is 25.8 Å². The largest absolute Gasteiger partial charge is 0.324 e. The van der Waals surface area contributed by atoms with E-state index in [0.29, 0.717) is 33.4 Å². The molecule has 152 valence electrons. The molecule has 0 saturated heterocycles. The molecule has 1 atom stereocenters. The molecule has 0 fully saturated rings. The zero-order valence-corrected chi connectivity index (χ0v) is 18.1. The third kappa shape index (κ3) is 5.55. The summed E-state index contributed by atoms with van der Waals surface area (Å²) in [4.78, 5) is 28.8. The van der Waals surface area contributed by atoms with Crippen molar-refractivity contribution < 1.29 is 9.59 Å².